The molecule has 2 amide bonds. The molecule has 0 aliphatic carbocycles. The highest BCUT2D eigenvalue weighted by Gasteiger charge is 2.41. The first-order chi connectivity index (χ1) is 17.5. The lowest BCUT2D eigenvalue weighted by Crippen LogP contribution is -2.36. The molecule has 1 unspecified atom stereocenters. The Kier molecular flexibility index (Phi) is 7.89. The molecular weight excluding hydrogens is 562 g/mol. The number of aromatic hydroxyl groups is 1. The van der Waals surface area contributed by atoms with Crippen LogP contribution in [-0.2, 0) is 9.59 Å². The average Bonchev–Trinajstić information content (AvgIpc) is 3.09. The van der Waals surface area contributed by atoms with E-state index in [9.17, 15) is 14.7 Å². The Hall–Kier alpha value is -3.37. The van der Waals surface area contributed by atoms with Crippen molar-refractivity contribution in [3.05, 3.63) is 74.2 Å². The smallest absolute Gasteiger partial charge is 0.280 e. The number of nitrogens with zero attached hydrogens (tertiary/aromatic N) is 4. The molecule has 3 N–H and O–H groups in total. The fourth-order valence-corrected chi connectivity index (χ4v) is 4.57. The first-order valence-electron chi connectivity index (χ1n) is 10.6. The number of phenolic OH excluding ortho intramolecular Hbond substituents is 1. The van der Waals surface area contributed by atoms with Crippen LogP contribution in [0.25, 0.3) is 0 Å². The fraction of sp³-hybridized carbons (Fsp3) is 0.125. The van der Waals surface area contributed by atoms with E-state index in [1.54, 1.807) is 24.3 Å². The number of azo groups is 1. The van der Waals surface area contributed by atoms with Crippen LogP contribution in [0.2, 0.25) is 20.1 Å². The minimum absolute atomic E-state index is 0.0457. The van der Waals surface area contributed by atoms with Crippen molar-refractivity contribution >= 4 is 86.8 Å². The van der Waals surface area contributed by atoms with E-state index in [4.69, 9.17) is 46.4 Å². The van der Waals surface area contributed by atoms with Gasteiger partial charge < -0.3 is 10.4 Å². The van der Waals surface area contributed by atoms with Crippen LogP contribution in [-0.4, -0.2) is 28.8 Å². The van der Waals surface area contributed by atoms with E-state index in [2.05, 4.69) is 26.0 Å². The van der Waals surface area contributed by atoms with Crippen LogP contribution < -0.4 is 15.8 Å². The Morgan fingerprint density at radius 3 is 2.35 bits per heavy atom. The number of hydrogen-bond acceptors (Lipinski definition) is 6. The van der Waals surface area contributed by atoms with E-state index in [0.29, 0.717) is 5.69 Å². The van der Waals surface area contributed by atoms with Crippen LogP contribution in [0.1, 0.15) is 12.5 Å². The van der Waals surface area contributed by atoms with Crippen molar-refractivity contribution in [2.45, 2.75) is 19.9 Å². The third kappa shape index (κ3) is 5.97. The molecule has 4 rings (SSSR count). The van der Waals surface area contributed by atoms with Gasteiger partial charge in [0.05, 0.1) is 20.8 Å². The molecule has 0 saturated carbocycles. The molecule has 37 heavy (non-hydrogen) atoms. The number of nitrogens with one attached hydrogen (secondary N) is 2. The quantitative estimate of drug-likeness (QED) is 0.282. The lowest BCUT2D eigenvalue weighted by molar-refractivity contribution is -0.118. The van der Waals surface area contributed by atoms with Gasteiger partial charge in [-0.2, -0.15) is 10.2 Å². The average molecular weight is 580 g/mol. The number of hydrogen-bond donors (Lipinski definition) is 3. The summed E-state index contributed by atoms with van der Waals surface area (Å²) in [7, 11) is 0. The second kappa shape index (κ2) is 10.9. The molecule has 9 nitrogen and oxygen atoms in total. The Morgan fingerprint density at radius 1 is 1.00 bits per heavy atom. The number of amidine groups is 1. The minimum atomic E-state index is -1.27. The largest absolute Gasteiger partial charge is 0.506 e. The number of benzene rings is 3. The fourth-order valence-electron chi connectivity index (χ4n) is 3.42. The summed E-state index contributed by atoms with van der Waals surface area (Å²) in [5.41, 5.74) is 4.68. The number of rotatable bonds is 5. The molecule has 0 spiro atoms. The van der Waals surface area contributed by atoms with Crippen LogP contribution in [0.3, 0.4) is 0 Å². The van der Waals surface area contributed by atoms with E-state index < -0.39 is 11.9 Å². The van der Waals surface area contributed by atoms with Gasteiger partial charge in [-0.3, -0.25) is 15.0 Å². The van der Waals surface area contributed by atoms with E-state index in [0.717, 1.165) is 10.6 Å². The first-order valence-corrected chi connectivity index (χ1v) is 12.2. The number of carbonyl (C=O) groups is 2. The second-order valence-electron chi connectivity index (χ2n) is 7.96. The number of phenols is 1. The second-order valence-corrected chi connectivity index (χ2v) is 9.62. The van der Waals surface area contributed by atoms with Crippen molar-refractivity contribution in [3.8, 4) is 5.75 Å². The maximum absolute atomic E-state index is 13.5. The van der Waals surface area contributed by atoms with Gasteiger partial charge in [-0.15, -0.1) is 0 Å². The lowest BCUT2D eigenvalue weighted by Gasteiger charge is -2.19. The lowest BCUT2D eigenvalue weighted by atomic mass is 10.2. The third-order valence-corrected chi connectivity index (χ3v) is 6.18. The van der Waals surface area contributed by atoms with E-state index in [1.807, 2.05) is 6.92 Å². The van der Waals surface area contributed by atoms with E-state index in [1.165, 1.54) is 31.2 Å². The molecule has 1 aliphatic heterocycles. The summed E-state index contributed by atoms with van der Waals surface area (Å²) >= 11 is 25.1. The summed E-state index contributed by atoms with van der Waals surface area (Å²) in [6.45, 7) is 3.18. The molecule has 1 atom stereocenters. The van der Waals surface area contributed by atoms with E-state index >= 15 is 0 Å². The van der Waals surface area contributed by atoms with Gasteiger partial charge in [-0.05, 0) is 55.0 Å². The van der Waals surface area contributed by atoms with Gasteiger partial charge in [0.1, 0.15) is 17.1 Å². The van der Waals surface area contributed by atoms with Crippen LogP contribution >= 0.6 is 46.4 Å². The maximum atomic E-state index is 13.5. The van der Waals surface area contributed by atoms with Gasteiger partial charge in [0.15, 0.2) is 5.84 Å². The summed E-state index contributed by atoms with van der Waals surface area (Å²) in [5.74, 6) is -0.941. The zero-order valence-corrected chi connectivity index (χ0v) is 22.3. The van der Waals surface area contributed by atoms with E-state index in [-0.39, 0.29) is 54.6 Å². The summed E-state index contributed by atoms with van der Waals surface area (Å²) < 4.78 is 0. The Balaban J connectivity index is 1.80. The Morgan fingerprint density at radius 2 is 1.70 bits per heavy atom. The summed E-state index contributed by atoms with van der Waals surface area (Å²) in [5, 5.41) is 22.9. The Bertz CT molecular complexity index is 1450. The summed E-state index contributed by atoms with van der Waals surface area (Å²) in [6.07, 6.45) is 0. The SMILES string of the molecule is CC(=O)Nc1ccc(Cl)c(N=C2NN(c3c(Cl)cc(Cl)cc3Cl)C(=O)C2N=Nc2ccc(C)cc2O)c1. The molecule has 1 heterocycles. The molecule has 3 aromatic carbocycles. The zero-order valence-electron chi connectivity index (χ0n) is 19.3. The highest BCUT2D eigenvalue weighted by atomic mass is 35.5. The van der Waals surface area contributed by atoms with Crippen LogP contribution in [0.4, 0.5) is 22.7 Å². The molecule has 3 aromatic rings. The van der Waals surface area contributed by atoms with Crippen LogP contribution in [0.15, 0.2) is 63.8 Å². The normalized spacial score (nSPS) is 16.5. The predicted molar refractivity (Wildman–Crippen MR) is 146 cm³/mol. The maximum Gasteiger partial charge on any atom is 0.280 e. The van der Waals surface area contributed by atoms with Crippen molar-refractivity contribution in [2.24, 2.45) is 15.2 Å². The monoisotopic (exact) mass is 578 g/mol. The van der Waals surface area contributed by atoms with Crippen molar-refractivity contribution in [2.75, 3.05) is 10.3 Å². The Labute approximate surface area is 231 Å². The number of anilines is 2. The van der Waals surface area contributed by atoms with Gasteiger partial charge in [0.2, 0.25) is 11.9 Å². The molecule has 0 radical (unpaired) electrons. The molecule has 1 fully saturated rings. The standard InChI is InChI=1S/C24H18Cl4N6O3/c1-11-3-6-18(20(36)7-11)31-32-21-23(30-19-10-14(29-12(2)35)4-5-15(19)26)33-34(24(21)37)22-16(27)8-13(25)9-17(22)28/h3-10,21,36H,1-2H3,(H,29,35)(H,30,33). The van der Waals surface area contributed by atoms with Crippen molar-refractivity contribution in [3.63, 3.8) is 0 Å². The third-order valence-electron chi connectivity index (χ3n) is 5.06. The molecule has 13 heteroatoms. The number of aryl methyl sites for hydroxylation is 1. The van der Waals surface area contributed by atoms with Gasteiger partial charge in [-0.25, -0.2) is 10.0 Å². The number of carbonyl (C=O) groups excluding carboxylic acids is 2. The first kappa shape index (κ1) is 26.7. The highest BCUT2D eigenvalue weighted by Crippen LogP contribution is 2.38. The molecule has 0 bridgehead atoms. The zero-order chi connectivity index (χ0) is 26.9. The summed E-state index contributed by atoms with van der Waals surface area (Å²) in [6, 6.07) is 11.1. The molecule has 190 valence electrons. The minimum Gasteiger partial charge on any atom is -0.506 e. The molecule has 0 aromatic heterocycles. The molecule has 1 saturated heterocycles. The topological polar surface area (TPSA) is 119 Å². The molecule has 1 aliphatic rings. The van der Waals surface area contributed by atoms with Crippen LogP contribution in [0, 0.1) is 6.92 Å². The number of aliphatic imine (C=N–C) groups is 1. The number of hydrazine groups is 1. The van der Waals surface area contributed by atoms with Gasteiger partial charge in [0, 0.05) is 17.6 Å². The van der Waals surface area contributed by atoms with Crippen molar-refractivity contribution in [1.82, 2.24) is 5.43 Å². The predicted octanol–water partition coefficient (Wildman–Crippen LogP) is 7.01. The van der Waals surface area contributed by atoms with Gasteiger partial charge in [0.25, 0.3) is 5.91 Å². The highest BCUT2D eigenvalue weighted by molar-refractivity contribution is 6.43. The number of amides is 2. The molecular formula is C24H18Cl4N6O3. The van der Waals surface area contributed by atoms with Crippen molar-refractivity contribution in [1.29, 1.82) is 0 Å². The van der Waals surface area contributed by atoms with Gasteiger partial charge in [-0.1, -0.05) is 52.5 Å². The van der Waals surface area contributed by atoms with Crippen molar-refractivity contribution < 1.29 is 14.7 Å². The summed E-state index contributed by atoms with van der Waals surface area (Å²) in [4.78, 5) is 29.4. The number of halogens is 4. The van der Waals surface area contributed by atoms with Gasteiger partial charge >= 0.3 is 0 Å². The van der Waals surface area contributed by atoms with Crippen LogP contribution in [0.5, 0.6) is 5.75 Å².